The van der Waals surface area contributed by atoms with E-state index in [2.05, 4.69) is 9.55 Å². The highest BCUT2D eigenvalue weighted by Gasteiger charge is 2.21. The second-order valence-corrected chi connectivity index (χ2v) is 4.41. The molecule has 0 bridgehead atoms. The van der Waals surface area contributed by atoms with Crippen LogP contribution >= 0.6 is 0 Å². The van der Waals surface area contributed by atoms with Gasteiger partial charge in [-0.25, -0.2) is 4.98 Å². The number of aryl methyl sites for hydroxylation is 2. The summed E-state index contributed by atoms with van der Waals surface area (Å²) >= 11 is 0. The maximum atomic E-state index is 11.0. The van der Waals surface area contributed by atoms with E-state index in [-0.39, 0.29) is 11.4 Å². The van der Waals surface area contributed by atoms with Crippen molar-refractivity contribution in [2.75, 3.05) is 7.11 Å². The number of hydrogen-bond donors (Lipinski definition) is 0. The minimum absolute atomic E-state index is 0.00160. The van der Waals surface area contributed by atoms with Crippen molar-refractivity contribution < 1.29 is 9.66 Å². The molecular weight excluding hydrogens is 234 g/mol. The zero-order valence-corrected chi connectivity index (χ0v) is 10.0. The fraction of sp³-hybridized carbons (Fsp3) is 0.417. The Labute approximate surface area is 103 Å². The molecule has 1 aliphatic heterocycles. The third kappa shape index (κ3) is 1.53. The lowest BCUT2D eigenvalue weighted by molar-refractivity contribution is -0.385. The molecule has 0 saturated heterocycles. The Kier molecular flexibility index (Phi) is 2.43. The zero-order chi connectivity index (χ0) is 12.7. The number of imidazole rings is 1. The molecule has 6 nitrogen and oxygen atoms in total. The fourth-order valence-corrected chi connectivity index (χ4v) is 2.49. The van der Waals surface area contributed by atoms with Crippen molar-refractivity contribution in [1.82, 2.24) is 9.55 Å². The Morgan fingerprint density at radius 2 is 2.28 bits per heavy atom. The fourth-order valence-electron chi connectivity index (χ4n) is 2.49. The number of hydrogen-bond acceptors (Lipinski definition) is 4. The molecule has 0 N–H and O–H groups in total. The molecule has 0 amide bonds. The highest BCUT2D eigenvalue weighted by atomic mass is 16.6. The maximum absolute atomic E-state index is 11.0. The molecule has 0 aliphatic carbocycles. The summed E-state index contributed by atoms with van der Waals surface area (Å²) in [5, 5.41) is 11.0. The molecule has 1 aliphatic rings. The van der Waals surface area contributed by atoms with Crippen LogP contribution in [0.25, 0.3) is 11.0 Å². The highest BCUT2D eigenvalue weighted by molar-refractivity contribution is 5.82. The summed E-state index contributed by atoms with van der Waals surface area (Å²) in [7, 11) is 1.43. The highest BCUT2D eigenvalue weighted by Crippen LogP contribution is 2.33. The monoisotopic (exact) mass is 247 g/mol. The molecule has 1 aromatic heterocycles. The Morgan fingerprint density at radius 3 is 3.00 bits per heavy atom. The molecular formula is C12H13N3O3. The minimum Gasteiger partial charge on any atom is -0.490 e. The van der Waals surface area contributed by atoms with Crippen LogP contribution in [0.3, 0.4) is 0 Å². The summed E-state index contributed by atoms with van der Waals surface area (Å²) in [5.74, 6) is 1.28. The summed E-state index contributed by atoms with van der Waals surface area (Å²) in [5.41, 5.74) is 1.60. The third-order valence-electron chi connectivity index (χ3n) is 3.36. The average Bonchev–Trinajstić information content (AvgIpc) is 2.74. The first-order valence-electron chi connectivity index (χ1n) is 5.92. The lowest BCUT2D eigenvalue weighted by Crippen LogP contribution is -2.10. The molecule has 3 rings (SSSR count). The van der Waals surface area contributed by atoms with Crippen LogP contribution < -0.4 is 4.74 Å². The van der Waals surface area contributed by atoms with E-state index in [0.29, 0.717) is 0 Å². The van der Waals surface area contributed by atoms with Gasteiger partial charge in [0.1, 0.15) is 5.82 Å². The summed E-state index contributed by atoms with van der Waals surface area (Å²) < 4.78 is 7.13. The molecule has 2 heterocycles. The van der Waals surface area contributed by atoms with Gasteiger partial charge in [0.05, 0.1) is 23.1 Å². The Bertz CT molecular complexity index is 633. The summed E-state index contributed by atoms with van der Waals surface area (Å²) in [6.45, 7) is 0.884. The first kappa shape index (κ1) is 11.0. The maximum Gasteiger partial charge on any atom is 0.313 e. The molecule has 0 spiro atoms. The number of nitrogens with zero attached hydrogens (tertiary/aromatic N) is 3. The van der Waals surface area contributed by atoms with Crippen molar-refractivity contribution in [2.24, 2.45) is 0 Å². The van der Waals surface area contributed by atoms with Gasteiger partial charge in [-0.3, -0.25) is 10.1 Å². The van der Waals surface area contributed by atoms with Crippen LogP contribution in [-0.4, -0.2) is 21.6 Å². The van der Waals surface area contributed by atoms with Gasteiger partial charge in [-0.05, 0) is 12.8 Å². The number of aromatic nitrogens is 2. The van der Waals surface area contributed by atoms with Crippen molar-refractivity contribution in [3.8, 4) is 5.75 Å². The van der Waals surface area contributed by atoms with Crippen LogP contribution in [0.4, 0.5) is 5.69 Å². The molecule has 0 saturated carbocycles. The smallest absolute Gasteiger partial charge is 0.313 e. The molecule has 94 valence electrons. The standard InChI is InChI=1S/C12H13N3O3/c1-18-11-6-8-9(7-10(11)15(16)17)14-5-3-2-4-12(14)13-8/h6-7H,2-5H2,1H3. The Morgan fingerprint density at radius 1 is 1.44 bits per heavy atom. The van der Waals surface area contributed by atoms with Gasteiger partial charge in [-0.1, -0.05) is 0 Å². The van der Waals surface area contributed by atoms with Crippen LogP contribution in [0.2, 0.25) is 0 Å². The van der Waals surface area contributed by atoms with Crippen molar-refractivity contribution in [3.05, 3.63) is 28.1 Å². The topological polar surface area (TPSA) is 70.2 Å². The van der Waals surface area contributed by atoms with E-state index in [1.165, 1.54) is 7.11 Å². The van der Waals surface area contributed by atoms with Crippen molar-refractivity contribution >= 4 is 16.7 Å². The van der Waals surface area contributed by atoms with Gasteiger partial charge >= 0.3 is 5.69 Å². The molecule has 2 aromatic rings. The quantitative estimate of drug-likeness (QED) is 0.603. The predicted molar refractivity (Wildman–Crippen MR) is 65.9 cm³/mol. The lowest BCUT2D eigenvalue weighted by atomic mass is 10.1. The zero-order valence-electron chi connectivity index (χ0n) is 10.0. The van der Waals surface area contributed by atoms with Gasteiger partial charge < -0.3 is 9.30 Å². The second-order valence-electron chi connectivity index (χ2n) is 4.41. The average molecular weight is 247 g/mol. The number of ether oxygens (including phenoxy) is 1. The van der Waals surface area contributed by atoms with Gasteiger partial charge in [-0.15, -0.1) is 0 Å². The molecule has 0 fully saturated rings. The minimum atomic E-state index is -0.416. The largest absolute Gasteiger partial charge is 0.490 e. The van der Waals surface area contributed by atoms with E-state index in [1.54, 1.807) is 12.1 Å². The van der Waals surface area contributed by atoms with E-state index in [1.807, 2.05) is 0 Å². The molecule has 0 atom stereocenters. The summed E-state index contributed by atoms with van der Waals surface area (Å²) in [6, 6.07) is 3.22. The SMILES string of the molecule is COc1cc2nc3n(c2cc1[N+](=O)[O-])CCCC3. The summed E-state index contributed by atoms with van der Waals surface area (Å²) in [4.78, 5) is 15.1. The Hall–Kier alpha value is -2.11. The number of benzene rings is 1. The summed E-state index contributed by atoms with van der Waals surface area (Å²) in [6.07, 6.45) is 3.16. The van der Waals surface area contributed by atoms with Gasteiger partial charge in [0.25, 0.3) is 0 Å². The number of rotatable bonds is 2. The van der Waals surface area contributed by atoms with E-state index in [4.69, 9.17) is 4.74 Å². The van der Waals surface area contributed by atoms with Crippen LogP contribution in [0.5, 0.6) is 5.75 Å². The van der Waals surface area contributed by atoms with E-state index >= 15 is 0 Å². The molecule has 0 radical (unpaired) electrons. The van der Waals surface area contributed by atoms with Crippen molar-refractivity contribution in [2.45, 2.75) is 25.8 Å². The number of fused-ring (bicyclic) bond motifs is 3. The normalized spacial score (nSPS) is 14.5. The lowest BCUT2D eigenvalue weighted by Gasteiger charge is -2.13. The van der Waals surface area contributed by atoms with Gasteiger partial charge in [0.15, 0.2) is 5.75 Å². The molecule has 0 unspecified atom stereocenters. The number of nitro benzene ring substituents is 1. The molecule has 1 aromatic carbocycles. The first-order valence-corrected chi connectivity index (χ1v) is 5.92. The number of methoxy groups -OCH3 is 1. The van der Waals surface area contributed by atoms with E-state index < -0.39 is 4.92 Å². The van der Waals surface area contributed by atoms with Crippen molar-refractivity contribution in [3.63, 3.8) is 0 Å². The number of nitro groups is 1. The molecule has 6 heteroatoms. The third-order valence-corrected chi connectivity index (χ3v) is 3.36. The Balaban J connectivity index is 2.28. The van der Waals surface area contributed by atoms with Crippen LogP contribution in [0.15, 0.2) is 12.1 Å². The van der Waals surface area contributed by atoms with Crippen LogP contribution in [0.1, 0.15) is 18.7 Å². The predicted octanol–water partition coefficient (Wildman–Crippen LogP) is 2.29. The van der Waals surface area contributed by atoms with Crippen molar-refractivity contribution in [1.29, 1.82) is 0 Å². The van der Waals surface area contributed by atoms with E-state index in [0.717, 1.165) is 42.7 Å². The molecule has 18 heavy (non-hydrogen) atoms. The van der Waals surface area contributed by atoms with Gasteiger partial charge in [-0.2, -0.15) is 0 Å². The first-order chi connectivity index (χ1) is 8.70. The van der Waals surface area contributed by atoms with Crippen LogP contribution in [0, 0.1) is 10.1 Å². The van der Waals surface area contributed by atoms with Gasteiger partial charge in [0.2, 0.25) is 0 Å². The van der Waals surface area contributed by atoms with E-state index in [9.17, 15) is 10.1 Å². The van der Waals surface area contributed by atoms with Crippen LogP contribution in [-0.2, 0) is 13.0 Å². The second kappa shape index (κ2) is 3.97. The van der Waals surface area contributed by atoms with Gasteiger partial charge in [0, 0.05) is 25.1 Å².